The number of nitrogens with zero attached hydrogens (tertiary/aromatic N) is 4. The quantitative estimate of drug-likeness (QED) is 0.491. The molecule has 0 bridgehead atoms. The van der Waals surface area contributed by atoms with Gasteiger partial charge in [0.1, 0.15) is 6.42 Å². The summed E-state index contributed by atoms with van der Waals surface area (Å²) in [6.45, 7) is 0. The highest BCUT2D eigenvalue weighted by molar-refractivity contribution is 7.89. The number of amides is 1. The van der Waals surface area contributed by atoms with Gasteiger partial charge in [-0.05, 0) is 42.5 Å². The topological polar surface area (TPSA) is 154 Å². The second-order valence-corrected chi connectivity index (χ2v) is 8.11. The molecule has 1 amide bonds. The van der Waals surface area contributed by atoms with Gasteiger partial charge in [-0.25, -0.2) is 22.9 Å². The maximum Gasteiger partial charge on any atom is 0.240 e. The van der Waals surface area contributed by atoms with Gasteiger partial charge in [0.25, 0.3) is 0 Å². The Kier molecular flexibility index (Phi) is 6.62. The monoisotopic (exact) mass is 455 g/mol. The number of benzene rings is 2. The summed E-state index contributed by atoms with van der Waals surface area (Å²) in [5.41, 5.74) is 1.41. The summed E-state index contributed by atoms with van der Waals surface area (Å²) >= 11 is 0. The summed E-state index contributed by atoms with van der Waals surface area (Å²) in [5.74, 6) is -1.15. The Labute approximate surface area is 183 Å². The lowest BCUT2D eigenvalue weighted by atomic mass is 10.2. The van der Waals surface area contributed by atoms with E-state index in [-0.39, 0.29) is 29.0 Å². The zero-order valence-electron chi connectivity index (χ0n) is 16.8. The molecule has 0 radical (unpaired) electrons. The van der Waals surface area contributed by atoms with Gasteiger partial charge in [-0.3, -0.25) is 4.79 Å². The van der Waals surface area contributed by atoms with Gasteiger partial charge in [-0.15, -0.1) is 0 Å². The van der Waals surface area contributed by atoms with Gasteiger partial charge in [0.05, 0.1) is 17.2 Å². The summed E-state index contributed by atoms with van der Waals surface area (Å²) in [5, 5.41) is 19.4. The Morgan fingerprint density at radius 1 is 1.19 bits per heavy atom. The molecule has 0 aliphatic carbocycles. The fourth-order valence-electron chi connectivity index (χ4n) is 2.63. The van der Waals surface area contributed by atoms with E-state index in [9.17, 15) is 17.6 Å². The summed E-state index contributed by atoms with van der Waals surface area (Å²) in [7, 11) is -2.33. The number of anilines is 5. The van der Waals surface area contributed by atoms with Crippen molar-refractivity contribution in [2.75, 3.05) is 22.6 Å². The molecule has 0 atom stereocenters. The number of carbonyl (C=O) groups excluding carboxylic acids is 1. The fraction of sp³-hybridized carbons (Fsp3) is 0.100. The Morgan fingerprint density at radius 2 is 1.91 bits per heavy atom. The molecule has 0 spiro atoms. The van der Waals surface area contributed by atoms with Crippen LogP contribution in [0, 0.1) is 17.1 Å². The molecule has 2 aromatic carbocycles. The van der Waals surface area contributed by atoms with Crippen molar-refractivity contribution >= 4 is 44.8 Å². The highest BCUT2D eigenvalue weighted by atomic mass is 32.2. The van der Waals surface area contributed by atoms with E-state index in [4.69, 9.17) is 10.4 Å². The normalized spacial score (nSPS) is 10.8. The SMILES string of the molecule is CN(C(=O)CC#N)c1ccc(Nc2nc(Nc3cccc(S(N)(=O)=O)c3)ncc2F)cc1. The van der Waals surface area contributed by atoms with Crippen LogP contribution >= 0.6 is 0 Å². The summed E-state index contributed by atoms with van der Waals surface area (Å²) in [6, 6.07) is 14.0. The summed E-state index contributed by atoms with van der Waals surface area (Å²) in [6.07, 6.45) is 0.725. The molecule has 0 aliphatic heterocycles. The molecule has 12 heteroatoms. The van der Waals surface area contributed by atoms with Gasteiger partial charge in [-0.2, -0.15) is 10.2 Å². The Morgan fingerprint density at radius 3 is 2.56 bits per heavy atom. The van der Waals surface area contributed by atoms with E-state index >= 15 is 0 Å². The van der Waals surface area contributed by atoms with Crippen LogP contribution in [-0.2, 0) is 14.8 Å². The van der Waals surface area contributed by atoms with Gasteiger partial charge < -0.3 is 15.5 Å². The lowest BCUT2D eigenvalue weighted by Crippen LogP contribution is -2.25. The van der Waals surface area contributed by atoms with E-state index < -0.39 is 15.8 Å². The van der Waals surface area contributed by atoms with Crippen LogP contribution in [0.15, 0.2) is 59.6 Å². The number of hydrogen-bond donors (Lipinski definition) is 3. The molecule has 0 fully saturated rings. The molecular formula is C20H18FN7O3S. The molecule has 0 saturated heterocycles. The van der Waals surface area contributed by atoms with Gasteiger partial charge in [-0.1, -0.05) is 6.07 Å². The van der Waals surface area contributed by atoms with Crippen molar-refractivity contribution in [1.29, 1.82) is 5.26 Å². The molecule has 4 N–H and O–H groups in total. The smallest absolute Gasteiger partial charge is 0.240 e. The van der Waals surface area contributed by atoms with Crippen LogP contribution < -0.4 is 20.7 Å². The maximum atomic E-state index is 14.2. The lowest BCUT2D eigenvalue weighted by molar-refractivity contribution is -0.117. The number of carbonyl (C=O) groups is 1. The number of halogens is 1. The van der Waals surface area contributed by atoms with Gasteiger partial charge in [0, 0.05) is 24.1 Å². The molecule has 0 aliphatic rings. The van der Waals surface area contributed by atoms with E-state index in [1.165, 1.54) is 23.1 Å². The molecule has 3 rings (SSSR count). The van der Waals surface area contributed by atoms with Crippen molar-refractivity contribution in [3.63, 3.8) is 0 Å². The number of hydrogen-bond acceptors (Lipinski definition) is 8. The second-order valence-electron chi connectivity index (χ2n) is 6.55. The van der Waals surface area contributed by atoms with Crippen molar-refractivity contribution in [3.8, 4) is 6.07 Å². The minimum Gasteiger partial charge on any atom is -0.338 e. The molecule has 32 heavy (non-hydrogen) atoms. The number of nitrogens with one attached hydrogen (secondary N) is 2. The van der Waals surface area contributed by atoms with Crippen LogP contribution in [0.25, 0.3) is 0 Å². The standard InChI is InChI=1S/C20H18FN7O3S/c1-28(18(29)9-10-22)15-7-5-13(6-8-15)25-19-17(21)12-24-20(27-19)26-14-3-2-4-16(11-14)32(23,30)31/h2-8,11-12H,9H2,1H3,(H2,23,30,31)(H2,24,25,26,27). The first kappa shape index (κ1) is 22.6. The third kappa shape index (κ3) is 5.54. The van der Waals surface area contributed by atoms with Crippen molar-refractivity contribution in [1.82, 2.24) is 9.97 Å². The highest BCUT2D eigenvalue weighted by Gasteiger charge is 2.12. The Bertz CT molecular complexity index is 1290. The zero-order valence-corrected chi connectivity index (χ0v) is 17.6. The molecule has 1 aromatic heterocycles. The first-order chi connectivity index (χ1) is 15.2. The van der Waals surface area contributed by atoms with Gasteiger partial charge in [0.2, 0.25) is 21.9 Å². The molecular weight excluding hydrogens is 437 g/mol. The molecule has 0 unspecified atom stereocenters. The number of nitrogens with two attached hydrogens (primary N) is 1. The number of nitriles is 1. The van der Waals surface area contributed by atoms with Crippen LogP contribution in [0.4, 0.5) is 33.2 Å². The predicted molar refractivity (Wildman–Crippen MR) is 116 cm³/mol. The van der Waals surface area contributed by atoms with Crippen LogP contribution in [-0.4, -0.2) is 31.3 Å². The third-order valence-corrected chi connectivity index (χ3v) is 5.20. The van der Waals surface area contributed by atoms with Crippen LogP contribution in [0.3, 0.4) is 0 Å². The summed E-state index contributed by atoms with van der Waals surface area (Å²) < 4.78 is 37.2. The first-order valence-corrected chi connectivity index (χ1v) is 10.6. The second kappa shape index (κ2) is 9.38. The number of sulfonamides is 1. The predicted octanol–water partition coefficient (Wildman–Crippen LogP) is 2.63. The average molecular weight is 455 g/mol. The average Bonchev–Trinajstić information content (AvgIpc) is 2.76. The minimum absolute atomic E-state index is 0.0268. The largest absolute Gasteiger partial charge is 0.338 e. The van der Waals surface area contributed by atoms with E-state index in [1.807, 2.05) is 0 Å². The molecule has 10 nitrogen and oxygen atoms in total. The molecule has 0 saturated carbocycles. The summed E-state index contributed by atoms with van der Waals surface area (Å²) in [4.78, 5) is 21.0. The number of primary sulfonamides is 1. The fourth-order valence-corrected chi connectivity index (χ4v) is 3.19. The van der Waals surface area contributed by atoms with Gasteiger partial charge in [0.15, 0.2) is 11.6 Å². The Hall–Kier alpha value is -4.08. The first-order valence-electron chi connectivity index (χ1n) is 9.10. The third-order valence-electron chi connectivity index (χ3n) is 4.28. The molecule has 1 heterocycles. The van der Waals surface area contributed by atoms with Crippen molar-refractivity contribution in [2.24, 2.45) is 5.14 Å². The lowest BCUT2D eigenvalue weighted by Gasteiger charge is -2.16. The van der Waals surface area contributed by atoms with E-state index in [0.29, 0.717) is 17.1 Å². The van der Waals surface area contributed by atoms with E-state index in [1.54, 1.807) is 43.4 Å². The maximum absolute atomic E-state index is 14.2. The van der Waals surface area contributed by atoms with E-state index in [0.717, 1.165) is 6.20 Å². The minimum atomic E-state index is -3.89. The van der Waals surface area contributed by atoms with Gasteiger partial charge >= 0.3 is 0 Å². The Balaban J connectivity index is 1.77. The number of aromatic nitrogens is 2. The van der Waals surface area contributed by atoms with E-state index in [2.05, 4.69) is 20.6 Å². The molecule has 164 valence electrons. The van der Waals surface area contributed by atoms with Crippen molar-refractivity contribution in [2.45, 2.75) is 11.3 Å². The highest BCUT2D eigenvalue weighted by Crippen LogP contribution is 2.23. The van der Waals surface area contributed by atoms with Crippen LogP contribution in [0.1, 0.15) is 6.42 Å². The van der Waals surface area contributed by atoms with Crippen molar-refractivity contribution < 1.29 is 17.6 Å². The van der Waals surface area contributed by atoms with Crippen LogP contribution in [0.2, 0.25) is 0 Å². The van der Waals surface area contributed by atoms with Crippen molar-refractivity contribution in [3.05, 3.63) is 60.5 Å². The zero-order chi connectivity index (χ0) is 23.3. The molecule has 3 aromatic rings. The number of rotatable bonds is 7. The van der Waals surface area contributed by atoms with Crippen LogP contribution in [0.5, 0.6) is 0 Å².